The summed E-state index contributed by atoms with van der Waals surface area (Å²) >= 11 is 5.98. The van der Waals surface area contributed by atoms with Crippen molar-refractivity contribution in [3.8, 4) is 0 Å². The van der Waals surface area contributed by atoms with Crippen LogP contribution in [0.15, 0.2) is 24.3 Å². The third kappa shape index (κ3) is 3.08. The van der Waals surface area contributed by atoms with Gasteiger partial charge in [0.25, 0.3) is 0 Å². The number of benzene rings is 1. The Kier molecular flexibility index (Phi) is 3.55. The van der Waals surface area contributed by atoms with Gasteiger partial charge in [-0.1, -0.05) is 23.7 Å². The fourth-order valence-electron chi connectivity index (χ4n) is 2.39. The Hall–Kier alpha value is -0.860. The number of ketones is 1. The fourth-order valence-corrected chi connectivity index (χ4v) is 2.61. The van der Waals surface area contributed by atoms with Crippen LogP contribution in [0.25, 0.3) is 0 Å². The van der Waals surface area contributed by atoms with E-state index in [2.05, 4.69) is 24.8 Å². The molecule has 1 fully saturated rings. The van der Waals surface area contributed by atoms with Crippen LogP contribution in [0.2, 0.25) is 5.02 Å². The molecule has 1 saturated heterocycles. The highest BCUT2D eigenvalue weighted by atomic mass is 35.5. The van der Waals surface area contributed by atoms with Gasteiger partial charge in [0.2, 0.25) is 0 Å². The van der Waals surface area contributed by atoms with E-state index < -0.39 is 0 Å². The quantitative estimate of drug-likeness (QED) is 0.804. The van der Waals surface area contributed by atoms with Crippen molar-refractivity contribution in [3.05, 3.63) is 34.9 Å². The van der Waals surface area contributed by atoms with Crippen LogP contribution in [0.5, 0.6) is 0 Å². The highest BCUT2D eigenvalue weighted by Gasteiger charge is 2.33. The van der Waals surface area contributed by atoms with Crippen molar-refractivity contribution in [2.45, 2.75) is 38.8 Å². The summed E-state index contributed by atoms with van der Waals surface area (Å²) in [5.74, 6) is 0.373. The zero-order valence-corrected chi connectivity index (χ0v) is 11.1. The van der Waals surface area contributed by atoms with Crippen molar-refractivity contribution in [1.82, 2.24) is 4.90 Å². The average Bonchev–Trinajstić information content (AvgIpc) is 2.21. The van der Waals surface area contributed by atoms with E-state index in [1.165, 1.54) is 5.56 Å². The normalized spacial score (nSPS) is 20.5. The standard InChI is InChI=1S/C14H18ClNO/c1-14(2)9-13(17)6-7-16(14)10-11-4-3-5-12(15)8-11/h3-5,8H,6-7,9-10H2,1-2H3. The zero-order valence-electron chi connectivity index (χ0n) is 10.4. The summed E-state index contributed by atoms with van der Waals surface area (Å²) in [6.45, 7) is 5.97. The van der Waals surface area contributed by atoms with E-state index in [0.717, 1.165) is 18.1 Å². The van der Waals surface area contributed by atoms with Gasteiger partial charge in [-0.25, -0.2) is 0 Å². The SMILES string of the molecule is CC1(C)CC(=O)CCN1Cc1cccc(Cl)c1. The van der Waals surface area contributed by atoms with Crippen LogP contribution in [0.4, 0.5) is 0 Å². The monoisotopic (exact) mass is 251 g/mol. The molecule has 0 unspecified atom stereocenters. The Labute approximate surface area is 108 Å². The lowest BCUT2D eigenvalue weighted by Crippen LogP contribution is -2.49. The van der Waals surface area contributed by atoms with Gasteiger partial charge >= 0.3 is 0 Å². The van der Waals surface area contributed by atoms with E-state index in [9.17, 15) is 4.79 Å². The molecule has 0 saturated carbocycles. The van der Waals surface area contributed by atoms with Crippen LogP contribution in [-0.4, -0.2) is 22.8 Å². The smallest absolute Gasteiger partial charge is 0.136 e. The number of likely N-dealkylation sites (tertiary alicyclic amines) is 1. The van der Waals surface area contributed by atoms with Gasteiger partial charge in [0.15, 0.2) is 0 Å². The van der Waals surface area contributed by atoms with E-state index in [1.807, 2.05) is 18.2 Å². The second-order valence-corrected chi connectivity index (χ2v) is 5.77. The molecule has 0 bridgehead atoms. The maximum Gasteiger partial charge on any atom is 0.136 e. The molecule has 0 N–H and O–H groups in total. The minimum atomic E-state index is -0.0440. The Morgan fingerprint density at radius 1 is 1.41 bits per heavy atom. The van der Waals surface area contributed by atoms with Crippen LogP contribution >= 0.6 is 11.6 Å². The molecule has 0 radical (unpaired) electrons. The van der Waals surface area contributed by atoms with Gasteiger partial charge in [-0.3, -0.25) is 9.69 Å². The molecule has 0 aromatic heterocycles. The molecule has 92 valence electrons. The van der Waals surface area contributed by atoms with Gasteiger partial charge in [-0.2, -0.15) is 0 Å². The number of hydrogen-bond acceptors (Lipinski definition) is 2. The number of halogens is 1. The minimum absolute atomic E-state index is 0.0440. The number of hydrogen-bond donors (Lipinski definition) is 0. The zero-order chi connectivity index (χ0) is 12.5. The lowest BCUT2D eigenvalue weighted by Gasteiger charge is -2.41. The maximum absolute atomic E-state index is 11.5. The Morgan fingerprint density at radius 2 is 2.18 bits per heavy atom. The molecule has 1 aromatic carbocycles. The summed E-state index contributed by atoms with van der Waals surface area (Å²) in [5.41, 5.74) is 1.16. The maximum atomic E-state index is 11.5. The van der Waals surface area contributed by atoms with Gasteiger partial charge in [-0.15, -0.1) is 0 Å². The molecule has 17 heavy (non-hydrogen) atoms. The third-order valence-electron chi connectivity index (χ3n) is 3.41. The lowest BCUT2D eigenvalue weighted by molar-refractivity contribution is -0.125. The number of rotatable bonds is 2. The van der Waals surface area contributed by atoms with Crippen LogP contribution in [0.3, 0.4) is 0 Å². The van der Waals surface area contributed by atoms with Gasteiger partial charge in [0.1, 0.15) is 5.78 Å². The minimum Gasteiger partial charge on any atom is -0.300 e. The van der Waals surface area contributed by atoms with E-state index in [-0.39, 0.29) is 5.54 Å². The molecule has 0 atom stereocenters. The molecule has 1 heterocycles. The Balaban J connectivity index is 2.10. The molecule has 1 aromatic rings. The Morgan fingerprint density at radius 3 is 2.82 bits per heavy atom. The molecular formula is C14H18ClNO. The van der Waals surface area contributed by atoms with Crippen molar-refractivity contribution in [2.75, 3.05) is 6.54 Å². The molecular weight excluding hydrogens is 234 g/mol. The molecule has 0 amide bonds. The van der Waals surface area contributed by atoms with Gasteiger partial charge in [-0.05, 0) is 31.5 Å². The number of carbonyl (C=O) groups is 1. The molecule has 2 rings (SSSR count). The Bertz CT molecular complexity index is 428. The second-order valence-electron chi connectivity index (χ2n) is 5.33. The number of Topliss-reactive ketones (excluding diaryl/α,β-unsaturated/α-hetero) is 1. The third-order valence-corrected chi connectivity index (χ3v) is 3.64. The van der Waals surface area contributed by atoms with Gasteiger partial charge in [0.05, 0.1) is 0 Å². The van der Waals surface area contributed by atoms with Crippen molar-refractivity contribution in [2.24, 2.45) is 0 Å². The summed E-state index contributed by atoms with van der Waals surface area (Å²) in [6.07, 6.45) is 1.32. The highest BCUT2D eigenvalue weighted by molar-refractivity contribution is 6.30. The van der Waals surface area contributed by atoms with Crippen molar-refractivity contribution < 1.29 is 4.79 Å². The summed E-state index contributed by atoms with van der Waals surface area (Å²) in [4.78, 5) is 13.8. The van der Waals surface area contributed by atoms with Crippen LogP contribution in [0, 0.1) is 0 Å². The van der Waals surface area contributed by atoms with Crippen LogP contribution in [-0.2, 0) is 11.3 Å². The number of carbonyl (C=O) groups excluding carboxylic acids is 1. The first-order chi connectivity index (χ1) is 7.97. The van der Waals surface area contributed by atoms with Crippen molar-refractivity contribution >= 4 is 17.4 Å². The van der Waals surface area contributed by atoms with Gasteiger partial charge < -0.3 is 0 Å². The average molecular weight is 252 g/mol. The summed E-state index contributed by atoms with van der Waals surface area (Å²) in [6, 6.07) is 7.93. The topological polar surface area (TPSA) is 20.3 Å². The molecule has 0 aliphatic carbocycles. The first-order valence-electron chi connectivity index (χ1n) is 5.98. The van der Waals surface area contributed by atoms with E-state index in [4.69, 9.17) is 11.6 Å². The molecule has 2 nitrogen and oxygen atoms in total. The molecule has 1 aliphatic rings. The summed E-state index contributed by atoms with van der Waals surface area (Å²) in [7, 11) is 0. The second kappa shape index (κ2) is 4.79. The highest BCUT2D eigenvalue weighted by Crippen LogP contribution is 2.27. The predicted octanol–water partition coefficient (Wildman–Crippen LogP) is 3.28. The number of nitrogens with zero attached hydrogens (tertiary/aromatic N) is 1. The first kappa shape index (κ1) is 12.6. The molecule has 3 heteroatoms. The molecule has 1 aliphatic heterocycles. The van der Waals surface area contributed by atoms with E-state index in [1.54, 1.807) is 0 Å². The van der Waals surface area contributed by atoms with E-state index in [0.29, 0.717) is 18.6 Å². The summed E-state index contributed by atoms with van der Waals surface area (Å²) in [5, 5.41) is 0.772. The number of piperidine rings is 1. The molecule has 0 spiro atoms. The van der Waals surface area contributed by atoms with E-state index >= 15 is 0 Å². The van der Waals surface area contributed by atoms with Crippen molar-refractivity contribution in [3.63, 3.8) is 0 Å². The van der Waals surface area contributed by atoms with Crippen molar-refractivity contribution in [1.29, 1.82) is 0 Å². The first-order valence-corrected chi connectivity index (χ1v) is 6.36. The summed E-state index contributed by atoms with van der Waals surface area (Å²) < 4.78 is 0. The lowest BCUT2D eigenvalue weighted by atomic mass is 9.89. The largest absolute Gasteiger partial charge is 0.300 e. The van der Waals surface area contributed by atoms with Crippen LogP contribution in [0.1, 0.15) is 32.3 Å². The fraction of sp³-hybridized carbons (Fsp3) is 0.500. The predicted molar refractivity (Wildman–Crippen MR) is 70.2 cm³/mol. The van der Waals surface area contributed by atoms with Crippen LogP contribution < -0.4 is 0 Å². The van der Waals surface area contributed by atoms with Gasteiger partial charge in [0, 0.05) is 36.5 Å².